The molecule has 0 atom stereocenters. The smallest absolute Gasteiger partial charge is 0.335 e. The van der Waals surface area contributed by atoms with E-state index in [4.69, 9.17) is 5.11 Å². The number of carboxylic acid groups (broad SMARTS) is 1. The summed E-state index contributed by atoms with van der Waals surface area (Å²) < 4.78 is 30.3. The number of carbonyl (C=O) groups is 2. The van der Waals surface area contributed by atoms with Crippen molar-refractivity contribution in [1.29, 1.82) is 0 Å². The first kappa shape index (κ1) is 15.6. The molecule has 0 heterocycles. The van der Waals surface area contributed by atoms with Crippen LogP contribution in [0.4, 0.5) is 0 Å². The summed E-state index contributed by atoms with van der Waals surface area (Å²) in [6, 6.07) is 3.55. The number of nitrogens with one attached hydrogen (secondary N) is 1. The Bertz CT molecular complexity index is 612. The normalized spacial score (nSPS) is 11.1. The van der Waals surface area contributed by atoms with Crippen LogP contribution in [0.3, 0.4) is 0 Å². The van der Waals surface area contributed by atoms with Gasteiger partial charge in [0.25, 0.3) is 0 Å². The van der Waals surface area contributed by atoms with Crippen molar-refractivity contribution in [3.8, 4) is 0 Å². The van der Waals surface area contributed by atoms with Crippen molar-refractivity contribution in [2.24, 2.45) is 0 Å². The van der Waals surface area contributed by atoms with Gasteiger partial charge in [-0.3, -0.25) is 4.79 Å². The van der Waals surface area contributed by atoms with Crippen LogP contribution in [0.2, 0.25) is 0 Å². The fourth-order valence-electron chi connectivity index (χ4n) is 1.15. The van der Waals surface area contributed by atoms with Crippen LogP contribution in [0.1, 0.15) is 10.4 Å². The fraction of sp³-hybridized carbons (Fsp3) is 0.200. The molecule has 0 bridgehead atoms. The molecule has 0 spiro atoms. The van der Waals surface area contributed by atoms with Crippen molar-refractivity contribution >= 4 is 37.9 Å². The average molecular weight is 352 g/mol. The number of rotatable bonds is 5. The molecule has 19 heavy (non-hydrogen) atoms. The summed E-state index contributed by atoms with van der Waals surface area (Å²) in [5.74, 6) is -2.01. The van der Waals surface area contributed by atoms with Gasteiger partial charge in [0.05, 0.1) is 17.6 Å². The zero-order chi connectivity index (χ0) is 14.6. The standard InChI is InChI=1S/C10H10BrNO6S/c1-18-9(13)5-12-19(16,17)8-4-6(10(14)15)2-3-7(8)11/h2-4,12H,5H2,1H3,(H,14,15). The first-order chi connectivity index (χ1) is 8.77. The summed E-state index contributed by atoms with van der Waals surface area (Å²) in [6.45, 7) is -0.539. The third-order valence-corrected chi connectivity index (χ3v) is 4.50. The van der Waals surface area contributed by atoms with Crippen molar-refractivity contribution in [3.63, 3.8) is 0 Å². The minimum absolute atomic E-state index is 0.179. The lowest BCUT2D eigenvalue weighted by atomic mass is 10.2. The Hall–Kier alpha value is -1.45. The highest BCUT2D eigenvalue weighted by molar-refractivity contribution is 9.10. The predicted octanol–water partition coefficient (Wildman–Crippen LogP) is 0.599. The molecule has 0 amide bonds. The number of methoxy groups -OCH3 is 1. The lowest BCUT2D eigenvalue weighted by Crippen LogP contribution is -2.30. The van der Waals surface area contributed by atoms with Gasteiger partial charge in [-0.05, 0) is 34.1 Å². The summed E-state index contributed by atoms with van der Waals surface area (Å²) in [5.41, 5.74) is -0.179. The van der Waals surface area contributed by atoms with Gasteiger partial charge in [-0.25, -0.2) is 13.2 Å². The molecule has 2 N–H and O–H groups in total. The van der Waals surface area contributed by atoms with Crippen LogP contribution in [0.15, 0.2) is 27.6 Å². The number of esters is 1. The Morgan fingerprint density at radius 3 is 2.58 bits per heavy atom. The average Bonchev–Trinajstić information content (AvgIpc) is 2.36. The van der Waals surface area contributed by atoms with Gasteiger partial charge in [0, 0.05) is 4.47 Å². The van der Waals surface area contributed by atoms with Crippen LogP contribution in [-0.4, -0.2) is 39.1 Å². The molecular formula is C10H10BrNO6S. The molecular weight excluding hydrogens is 342 g/mol. The predicted molar refractivity (Wildman–Crippen MR) is 68.3 cm³/mol. The Labute approximate surface area is 117 Å². The molecule has 7 nitrogen and oxygen atoms in total. The minimum Gasteiger partial charge on any atom is -0.478 e. The molecule has 0 fully saturated rings. The number of benzene rings is 1. The maximum atomic E-state index is 11.9. The van der Waals surface area contributed by atoms with Crippen molar-refractivity contribution in [2.75, 3.05) is 13.7 Å². The maximum absolute atomic E-state index is 11.9. The maximum Gasteiger partial charge on any atom is 0.335 e. The van der Waals surface area contributed by atoms with E-state index in [-0.39, 0.29) is 14.9 Å². The number of aromatic carboxylic acids is 1. The minimum atomic E-state index is -4.01. The zero-order valence-electron chi connectivity index (χ0n) is 9.71. The third kappa shape index (κ3) is 4.01. The molecule has 1 aromatic carbocycles. The van der Waals surface area contributed by atoms with Crippen LogP contribution in [0.25, 0.3) is 0 Å². The molecule has 9 heteroatoms. The van der Waals surface area contributed by atoms with E-state index in [1.165, 1.54) is 12.1 Å². The summed E-state index contributed by atoms with van der Waals surface area (Å²) in [7, 11) is -2.89. The molecule has 0 aliphatic rings. The van der Waals surface area contributed by atoms with Gasteiger partial charge in [-0.1, -0.05) is 0 Å². The SMILES string of the molecule is COC(=O)CNS(=O)(=O)c1cc(C(=O)O)ccc1Br. The highest BCUT2D eigenvalue weighted by atomic mass is 79.9. The second kappa shape index (κ2) is 6.13. The Morgan fingerprint density at radius 2 is 2.05 bits per heavy atom. The monoisotopic (exact) mass is 351 g/mol. The summed E-state index contributed by atoms with van der Waals surface area (Å²) in [4.78, 5) is 21.4. The summed E-state index contributed by atoms with van der Waals surface area (Å²) in [6.07, 6.45) is 0. The number of carboxylic acids is 1. The molecule has 0 aliphatic heterocycles. The van der Waals surface area contributed by atoms with Gasteiger partial charge in [0.1, 0.15) is 6.54 Å². The van der Waals surface area contributed by atoms with Gasteiger partial charge in [0.15, 0.2) is 0 Å². The van der Waals surface area contributed by atoms with Gasteiger partial charge in [-0.2, -0.15) is 4.72 Å². The highest BCUT2D eigenvalue weighted by Gasteiger charge is 2.20. The van der Waals surface area contributed by atoms with Gasteiger partial charge >= 0.3 is 11.9 Å². The molecule has 0 saturated heterocycles. The summed E-state index contributed by atoms with van der Waals surface area (Å²) in [5, 5.41) is 8.82. The quantitative estimate of drug-likeness (QED) is 0.751. The molecule has 0 radical (unpaired) electrons. The number of carbonyl (C=O) groups excluding carboxylic acids is 1. The first-order valence-corrected chi connectivity index (χ1v) is 7.15. The number of ether oxygens (including phenoxy) is 1. The van der Waals surface area contributed by atoms with E-state index >= 15 is 0 Å². The Kier molecular flexibility index (Phi) is 5.04. The molecule has 0 saturated carbocycles. The molecule has 1 aromatic rings. The van der Waals surface area contributed by atoms with Crippen LogP contribution >= 0.6 is 15.9 Å². The first-order valence-electron chi connectivity index (χ1n) is 4.87. The third-order valence-electron chi connectivity index (χ3n) is 2.10. The van der Waals surface area contributed by atoms with E-state index in [0.29, 0.717) is 0 Å². The van der Waals surface area contributed by atoms with Crippen LogP contribution in [0.5, 0.6) is 0 Å². The number of sulfonamides is 1. The highest BCUT2D eigenvalue weighted by Crippen LogP contribution is 2.23. The zero-order valence-corrected chi connectivity index (χ0v) is 12.1. The lowest BCUT2D eigenvalue weighted by molar-refractivity contribution is -0.139. The van der Waals surface area contributed by atoms with Crippen LogP contribution in [0, 0.1) is 0 Å². The topological polar surface area (TPSA) is 110 Å². The van der Waals surface area contributed by atoms with Crippen molar-refractivity contribution in [1.82, 2.24) is 4.72 Å². The van der Waals surface area contributed by atoms with Crippen LogP contribution in [-0.2, 0) is 19.6 Å². The molecule has 0 aliphatic carbocycles. The van der Waals surface area contributed by atoms with E-state index in [1.54, 1.807) is 0 Å². The van der Waals surface area contributed by atoms with Crippen molar-refractivity contribution < 1.29 is 27.9 Å². The molecule has 0 aromatic heterocycles. The largest absolute Gasteiger partial charge is 0.478 e. The Morgan fingerprint density at radius 1 is 1.42 bits per heavy atom. The number of hydrogen-bond donors (Lipinski definition) is 2. The molecule has 0 unspecified atom stereocenters. The van der Waals surface area contributed by atoms with Gasteiger partial charge < -0.3 is 9.84 Å². The lowest BCUT2D eigenvalue weighted by Gasteiger charge is -2.08. The van der Waals surface area contributed by atoms with E-state index in [0.717, 1.165) is 13.2 Å². The molecule has 104 valence electrons. The van der Waals surface area contributed by atoms with Crippen molar-refractivity contribution in [3.05, 3.63) is 28.2 Å². The van der Waals surface area contributed by atoms with E-state index in [2.05, 4.69) is 20.7 Å². The van der Waals surface area contributed by atoms with Crippen molar-refractivity contribution in [2.45, 2.75) is 4.90 Å². The number of halogens is 1. The Balaban J connectivity index is 3.10. The van der Waals surface area contributed by atoms with E-state index < -0.39 is 28.5 Å². The summed E-state index contributed by atoms with van der Waals surface area (Å²) >= 11 is 3.01. The van der Waals surface area contributed by atoms with E-state index in [1.807, 2.05) is 4.72 Å². The van der Waals surface area contributed by atoms with E-state index in [9.17, 15) is 18.0 Å². The second-order valence-corrected chi connectivity index (χ2v) is 5.94. The molecule has 1 rings (SSSR count). The number of hydrogen-bond acceptors (Lipinski definition) is 5. The van der Waals surface area contributed by atoms with Gasteiger partial charge in [0.2, 0.25) is 10.0 Å². The second-order valence-electron chi connectivity index (χ2n) is 3.35. The van der Waals surface area contributed by atoms with Gasteiger partial charge in [-0.15, -0.1) is 0 Å². The fourth-order valence-corrected chi connectivity index (χ4v) is 3.10. The van der Waals surface area contributed by atoms with Crippen LogP contribution < -0.4 is 4.72 Å².